The minimum atomic E-state index is -1.18. The van der Waals surface area contributed by atoms with Crippen molar-refractivity contribution >= 4 is 23.4 Å². The largest absolute Gasteiger partial charge is 0.497 e. The van der Waals surface area contributed by atoms with Gasteiger partial charge in [0.2, 0.25) is 0 Å². The molecule has 2 aromatic carbocycles. The number of allylic oxidation sites excluding steroid dienone is 3. The molecule has 2 aromatic rings. The summed E-state index contributed by atoms with van der Waals surface area (Å²) >= 11 is 0. The second-order valence-electron chi connectivity index (χ2n) is 9.24. The van der Waals surface area contributed by atoms with Crippen molar-refractivity contribution in [3.63, 3.8) is 0 Å². The Labute approximate surface area is 225 Å². The normalized spacial score (nSPS) is 20.6. The average Bonchev–Trinajstić information content (AvgIpc) is 2.92. The Balaban J connectivity index is 1.91. The van der Waals surface area contributed by atoms with Gasteiger partial charge in [0, 0.05) is 40.9 Å². The Kier molecular flexibility index (Phi) is 8.13. The fourth-order valence-electron chi connectivity index (χ4n) is 5.33. The SMILES string of the molecule is CCOC(=O)C1=C(C)NC2=C(C(=O)[C@@H](C(=O)OCC)[C@H](c3ccc(OC)cc3)C2)[C@@H]1c1cccc([N+](=O)[O-])c1. The number of hydrogen-bond acceptors (Lipinski definition) is 9. The standard InChI is InChI=1S/C29H30N2O8/c1-5-38-28(33)23-16(3)30-22-15-21(17-10-12-20(37-4)13-11-17)25(29(34)39-6-2)27(32)26(22)24(23)18-8-7-9-19(14-18)31(35)36/h7-14,21,24-25,30H,5-6,15H2,1-4H3/t21-,24+,25-/m0/s1. The van der Waals surface area contributed by atoms with Gasteiger partial charge in [-0.15, -0.1) is 0 Å². The van der Waals surface area contributed by atoms with Gasteiger partial charge in [0.05, 0.1) is 30.8 Å². The first-order valence-electron chi connectivity index (χ1n) is 12.7. The lowest BCUT2D eigenvalue weighted by atomic mass is 9.67. The number of rotatable bonds is 8. The summed E-state index contributed by atoms with van der Waals surface area (Å²) in [5.41, 5.74) is 2.32. The topological polar surface area (TPSA) is 134 Å². The number of hydrogen-bond donors (Lipinski definition) is 1. The van der Waals surface area contributed by atoms with Crippen LogP contribution in [-0.4, -0.2) is 43.0 Å². The molecule has 10 nitrogen and oxygen atoms in total. The number of nitro groups is 1. The molecule has 0 saturated carbocycles. The number of ketones is 1. The highest BCUT2D eigenvalue weighted by molar-refractivity contribution is 6.13. The molecule has 0 bridgehead atoms. The van der Waals surface area contributed by atoms with Crippen molar-refractivity contribution < 1.29 is 33.5 Å². The Bertz CT molecular complexity index is 1380. The van der Waals surface area contributed by atoms with E-state index in [-0.39, 0.29) is 36.5 Å². The first-order valence-corrected chi connectivity index (χ1v) is 12.7. The fraction of sp³-hybridized carbons (Fsp3) is 0.345. The van der Waals surface area contributed by atoms with Crippen LogP contribution in [0.15, 0.2) is 71.1 Å². The van der Waals surface area contributed by atoms with Crippen LogP contribution in [-0.2, 0) is 23.9 Å². The second-order valence-corrected chi connectivity index (χ2v) is 9.24. The molecule has 1 aliphatic heterocycles. The molecule has 39 heavy (non-hydrogen) atoms. The quantitative estimate of drug-likeness (QED) is 0.227. The smallest absolute Gasteiger partial charge is 0.336 e. The number of nitrogens with one attached hydrogen (secondary N) is 1. The first kappa shape index (κ1) is 27.6. The van der Waals surface area contributed by atoms with Crippen molar-refractivity contribution in [3.05, 3.63) is 92.3 Å². The number of benzene rings is 2. The molecule has 10 heteroatoms. The predicted molar refractivity (Wildman–Crippen MR) is 141 cm³/mol. The van der Waals surface area contributed by atoms with Crippen molar-refractivity contribution in [1.29, 1.82) is 0 Å². The maximum Gasteiger partial charge on any atom is 0.336 e. The molecule has 0 aromatic heterocycles. The van der Waals surface area contributed by atoms with Crippen molar-refractivity contribution in [2.45, 2.75) is 39.0 Å². The lowest BCUT2D eigenvalue weighted by molar-refractivity contribution is -0.384. The predicted octanol–water partition coefficient (Wildman–Crippen LogP) is 4.32. The van der Waals surface area contributed by atoms with Crippen molar-refractivity contribution in [2.75, 3.05) is 20.3 Å². The molecule has 0 amide bonds. The average molecular weight is 535 g/mol. The number of carbonyl (C=O) groups excluding carboxylic acids is 3. The van der Waals surface area contributed by atoms with Gasteiger partial charge >= 0.3 is 11.9 Å². The number of dihydropyridines is 1. The van der Waals surface area contributed by atoms with E-state index in [1.165, 1.54) is 18.2 Å². The minimum Gasteiger partial charge on any atom is -0.497 e. The highest BCUT2D eigenvalue weighted by Gasteiger charge is 2.49. The summed E-state index contributed by atoms with van der Waals surface area (Å²) in [5, 5.41) is 14.8. The summed E-state index contributed by atoms with van der Waals surface area (Å²) in [6, 6.07) is 12.9. The van der Waals surface area contributed by atoms with Crippen LogP contribution in [0.2, 0.25) is 0 Å². The number of methoxy groups -OCH3 is 1. The molecule has 204 valence electrons. The third-order valence-corrected chi connectivity index (χ3v) is 7.01. The number of nitrogens with zero attached hydrogens (tertiary/aromatic N) is 1. The van der Waals surface area contributed by atoms with Gasteiger partial charge in [-0.25, -0.2) is 4.79 Å². The number of nitro benzene ring substituents is 1. The van der Waals surface area contributed by atoms with E-state index in [4.69, 9.17) is 14.2 Å². The number of ether oxygens (including phenoxy) is 3. The van der Waals surface area contributed by atoms with E-state index in [2.05, 4.69) is 5.32 Å². The minimum absolute atomic E-state index is 0.0868. The van der Waals surface area contributed by atoms with Crippen LogP contribution in [0.3, 0.4) is 0 Å². The zero-order valence-electron chi connectivity index (χ0n) is 22.2. The number of Topliss-reactive ketones (excluding diaryl/α,β-unsaturated/α-hetero) is 1. The van der Waals surface area contributed by atoms with Crippen molar-refractivity contribution in [1.82, 2.24) is 5.32 Å². The van der Waals surface area contributed by atoms with Gasteiger partial charge in [0.25, 0.3) is 5.69 Å². The van der Waals surface area contributed by atoms with E-state index in [9.17, 15) is 24.5 Å². The maximum absolute atomic E-state index is 14.3. The number of non-ortho nitro benzene ring substituents is 1. The van der Waals surface area contributed by atoms with Gasteiger partial charge in [0.1, 0.15) is 11.7 Å². The highest BCUT2D eigenvalue weighted by Crippen LogP contribution is 2.48. The molecule has 0 radical (unpaired) electrons. The first-order chi connectivity index (χ1) is 18.7. The van der Waals surface area contributed by atoms with Crippen LogP contribution in [0.1, 0.15) is 50.2 Å². The van der Waals surface area contributed by atoms with E-state index in [1.807, 2.05) is 12.1 Å². The molecule has 4 rings (SSSR count). The Hall–Kier alpha value is -4.47. The Morgan fingerprint density at radius 2 is 1.74 bits per heavy atom. The van der Waals surface area contributed by atoms with E-state index >= 15 is 0 Å². The molecule has 1 N–H and O–H groups in total. The summed E-state index contributed by atoms with van der Waals surface area (Å²) in [6.45, 7) is 5.22. The van der Waals surface area contributed by atoms with Crippen LogP contribution in [0.5, 0.6) is 5.75 Å². The molecule has 1 heterocycles. The number of esters is 2. The van der Waals surface area contributed by atoms with Crippen molar-refractivity contribution in [3.8, 4) is 5.75 Å². The zero-order chi connectivity index (χ0) is 28.3. The third-order valence-electron chi connectivity index (χ3n) is 7.01. The van der Waals surface area contributed by atoms with E-state index < -0.39 is 40.4 Å². The number of carbonyl (C=O) groups is 3. The maximum atomic E-state index is 14.3. The van der Waals surface area contributed by atoms with Crippen LogP contribution in [0, 0.1) is 16.0 Å². The lowest BCUT2D eigenvalue weighted by Crippen LogP contribution is -2.43. The van der Waals surface area contributed by atoms with Crippen LogP contribution >= 0.6 is 0 Å². The van der Waals surface area contributed by atoms with Gasteiger partial charge in [-0.05, 0) is 50.5 Å². The molecule has 0 unspecified atom stereocenters. The molecule has 0 fully saturated rings. The van der Waals surface area contributed by atoms with Crippen LogP contribution < -0.4 is 10.1 Å². The summed E-state index contributed by atoms with van der Waals surface area (Å²) in [5.74, 6) is -3.89. The van der Waals surface area contributed by atoms with Gasteiger partial charge < -0.3 is 19.5 Å². The van der Waals surface area contributed by atoms with Gasteiger partial charge in [-0.2, -0.15) is 0 Å². The van der Waals surface area contributed by atoms with Gasteiger partial charge in [0.15, 0.2) is 5.78 Å². The fourth-order valence-corrected chi connectivity index (χ4v) is 5.33. The molecular formula is C29H30N2O8. The van der Waals surface area contributed by atoms with E-state index in [0.29, 0.717) is 22.7 Å². The molecule has 1 aliphatic carbocycles. The van der Waals surface area contributed by atoms with Crippen LogP contribution in [0.4, 0.5) is 5.69 Å². The molecule has 2 aliphatic rings. The van der Waals surface area contributed by atoms with Gasteiger partial charge in [-0.1, -0.05) is 24.3 Å². The lowest BCUT2D eigenvalue weighted by Gasteiger charge is -2.39. The molecule has 0 spiro atoms. The molecule has 3 atom stereocenters. The van der Waals surface area contributed by atoms with E-state index in [1.54, 1.807) is 46.1 Å². The van der Waals surface area contributed by atoms with Crippen molar-refractivity contribution in [2.24, 2.45) is 5.92 Å². The Morgan fingerprint density at radius 3 is 2.36 bits per heavy atom. The Morgan fingerprint density at radius 1 is 1.05 bits per heavy atom. The summed E-state index contributed by atoms with van der Waals surface area (Å²) in [4.78, 5) is 51.7. The third kappa shape index (κ3) is 5.27. The second kappa shape index (κ2) is 11.5. The summed E-state index contributed by atoms with van der Waals surface area (Å²) in [6.07, 6.45) is 0.274. The monoisotopic (exact) mass is 534 g/mol. The van der Waals surface area contributed by atoms with E-state index in [0.717, 1.165) is 5.56 Å². The molecular weight excluding hydrogens is 504 g/mol. The summed E-state index contributed by atoms with van der Waals surface area (Å²) < 4.78 is 15.9. The molecule has 0 saturated heterocycles. The van der Waals surface area contributed by atoms with Crippen LogP contribution in [0.25, 0.3) is 0 Å². The van der Waals surface area contributed by atoms with Gasteiger partial charge in [-0.3, -0.25) is 19.7 Å². The zero-order valence-corrected chi connectivity index (χ0v) is 22.2. The highest BCUT2D eigenvalue weighted by atomic mass is 16.6. The summed E-state index contributed by atoms with van der Waals surface area (Å²) in [7, 11) is 1.55.